The van der Waals surface area contributed by atoms with Gasteiger partial charge in [-0.1, -0.05) is 77.8 Å². The number of rotatable bonds is 6. The largest absolute Gasteiger partial charge is 0.618 e. The quantitative estimate of drug-likeness (QED) is 0.131. The van der Waals surface area contributed by atoms with Crippen molar-refractivity contribution in [1.29, 1.82) is 0 Å². The highest BCUT2D eigenvalue weighted by molar-refractivity contribution is 7.80. The van der Waals surface area contributed by atoms with Crippen LogP contribution in [0.1, 0.15) is 18.4 Å². The van der Waals surface area contributed by atoms with Crippen molar-refractivity contribution in [2.24, 2.45) is 0 Å². The number of thiocarbonyl (C=S) groups is 1. The number of amides is 2. The number of halogens is 2. The second kappa shape index (κ2) is 11.1. The number of carbonyl (C=O) groups excluding carboxylic acids is 1. The minimum atomic E-state index is -1.07. The molecule has 2 aliphatic rings. The molecule has 41 heavy (non-hydrogen) atoms. The topological polar surface area (TPSA) is 67.4 Å². The molecule has 0 bridgehead atoms. The Bertz CT molecular complexity index is 1600. The monoisotopic (exact) mass is 602 g/mol. The summed E-state index contributed by atoms with van der Waals surface area (Å²) in [7, 11) is 0. The molecule has 208 valence electrons. The molecule has 6 nitrogen and oxygen atoms in total. The Hall–Kier alpha value is -3.46. The van der Waals surface area contributed by atoms with E-state index in [9.17, 15) is 10.0 Å². The van der Waals surface area contributed by atoms with Gasteiger partial charge in [0.25, 0.3) is 0 Å². The van der Waals surface area contributed by atoms with Gasteiger partial charge < -0.3 is 15.8 Å². The average Bonchev–Trinajstić information content (AvgIpc) is 3.44. The molecule has 0 aliphatic carbocycles. The molecule has 2 amide bonds. The molecule has 2 heterocycles. The molecule has 2 N–H and O–H groups in total. The molecule has 0 spiro atoms. The Morgan fingerprint density at radius 1 is 0.878 bits per heavy atom. The Labute approximate surface area is 254 Å². The predicted molar refractivity (Wildman–Crippen MR) is 172 cm³/mol. The maximum absolute atomic E-state index is 14.0. The van der Waals surface area contributed by atoms with Crippen molar-refractivity contribution in [3.8, 4) is 11.1 Å². The highest BCUT2D eigenvalue weighted by Gasteiger charge is 2.60. The normalized spacial score (nSPS) is 21.5. The zero-order valence-corrected chi connectivity index (χ0v) is 24.5. The SMILES string of the molecule is O=C1N2CCCC2(Cc2ccc(-c3cccc(NC(=S)Nc4ccccc4)c3)cc2)C[N+]1([O-])c1cc(Cl)cc(Cl)c1. The van der Waals surface area contributed by atoms with E-state index in [1.165, 1.54) is 0 Å². The van der Waals surface area contributed by atoms with E-state index in [0.717, 1.165) is 40.9 Å². The summed E-state index contributed by atoms with van der Waals surface area (Å²) < 4.78 is -1.07. The lowest BCUT2D eigenvalue weighted by molar-refractivity contribution is 0.184. The van der Waals surface area contributed by atoms with Crippen LogP contribution in [0.25, 0.3) is 11.1 Å². The van der Waals surface area contributed by atoms with Gasteiger partial charge in [0, 0.05) is 46.5 Å². The number of hydroxylamine groups is 2. The number of fused-ring (bicyclic) bond motifs is 1. The summed E-state index contributed by atoms with van der Waals surface area (Å²) in [6.45, 7) is 0.711. The van der Waals surface area contributed by atoms with E-state index in [4.69, 9.17) is 35.4 Å². The molecule has 2 saturated heterocycles. The van der Waals surface area contributed by atoms with E-state index < -0.39 is 16.2 Å². The van der Waals surface area contributed by atoms with E-state index in [2.05, 4.69) is 47.0 Å². The summed E-state index contributed by atoms with van der Waals surface area (Å²) in [5.74, 6) is 0. The Morgan fingerprint density at radius 2 is 1.56 bits per heavy atom. The van der Waals surface area contributed by atoms with Crippen LogP contribution in [-0.4, -0.2) is 34.7 Å². The van der Waals surface area contributed by atoms with Gasteiger partial charge in [0.05, 0.1) is 0 Å². The standard InChI is InChI=1S/C32H28Cl2N4O2S/c33-25-17-26(34)19-29(18-25)38(40)21-32(14-5-15-37(32)31(38)39)20-22-10-12-23(13-11-22)24-6-4-9-28(16-24)36-30(41)35-27-7-2-1-3-8-27/h1-4,6-13,16-19H,5,14-15,20-21H2,(H2,35,36,41). The molecular weight excluding hydrogens is 575 g/mol. The molecular formula is C32H28Cl2N4O2S. The minimum Gasteiger partial charge on any atom is -0.618 e. The smallest absolute Gasteiger partial charge is 0.425 e. The zero-order chi connectivity index (χ0) is 28.6. The summed E-state index contributed by atoms with van der Waals surface area (Å²) in [5, 5.41) is 21.7. The molecule has 0 aromatic heterocycles. The van der Waals surface area contributed by atoms with Crippen LogP contribution >= 0.6 is 35.4 Å². The number of nitrogens with zero attached hydrogens (tertiary/aromatic N) is 2. The van der Waals surface area contributed by atoms with Crippen molar-refractivity contribution >= 4 is 63.6 Å². The molecule has 2 unspecified atom stereocenters. The van der Waals surface area contributed by atoms with Crippen LogP contribution in [0, 0.1) is 5.21 Å². The summed E-state index contributed by atoms with van der Waals surface area (Å²) >= 11 is 17.8. The first-order valence-corrected chi connectivity index (χ1v) is 14.6. The number of hydrogen-bond donors (Lipinski definition) is 2. The van der Waals surface area contributed by atoms with E-state index in [1.807, 2.05) is 42.5 Å². The maximum Gasteiger partial charge on any atom is 0.425 e. The highest BCUT2D eigenvalue weighted by Crippen LogP contribution is 2.45. The molecule has 0 saturated carbocycles. The lowest BCUT2D eigenvalue weighted by atomic mass is 9.88. The second-order valence-corrected chi connectivity index (χ2v) is 12.0. The van der Waals surface area contributed by atoms with Crippen LogP contribution in [-0.2, 0) is 6.42 Å². The summed E-state index contributed by atoms with van der Waals surface area (Å²) in [5.41, 5.74) is 4.73. The number of carbonyl (C=O) groups is 1. The third-order valence-electron chi connectivity index (χ3n) is 7.89. The molecule has 2 aliphatic heterocycles. The lowest BCUT2D eigenvalue weighted by Crippen LogP contribution is -2.47. The molecule has 2 fully saturated rings. The molecule has 0 radical (unpaired) electrons. The fraction of sp³-hybridized carbons (Fsp3) is 0.188. The average molecular weight is 604 g/mol. The van der Waals surface area contributed by atoms with Crippen LogP contribution in [0.3, 0.4) is 0 Å². The number of benzene rings is 4. The van der Waals surface area contributed by atoms with Crippen molar-refractivity contribution < 1.29 is 4.79 Å². The summed E-state index contributed by atoms with van der Waals surface area (Å²) in [4.78, 5) is 15.2. The van der Waals surface area contributed by atoms with Crippen molar-refractivity contribution in [2.75, 3.05) is 23.7 Å². The van der Waals surface area contributed by atoms with Gasteiger partial charge in [-0.25, -0.2) is 9.44 Å². The minimum absolute atomic E-state index is 0.134. The summed E-state index contributed by atoms with van der Waals surface area (Å²) in [6.07, 6.45) is 2.26. The number of para-hydroxylation sites is 1. The van der Waals surface area contributed by atoms with Gasteiger partial charge in [0.15, 0.2) is 5.11 Å². The highest BCUT2D eigenvalue weighted by atomic mass is 35.5. The number of quaternary nitrogens is 1. The fourth-order valence-corrected chi connectivity index (χ4v) is 6.80. The third kappa shape index (κ3) is 5.56. The van der Waals surface area contributed by atoms with Gasteiger partial charge in [-0.2, -0.15) is 0 Å². The van der Waals surface area contributed by atoms with Crippen LogP contribution in [0.15, 0.2) is 97.1 Å². The van der Waals surface area contributed by atoms with Gasteiger partial charge >= 0.3 is 6.03 Å². The second-order valence-electron chi connectivity index (χ2n) is 10.7. The van der Waals surface area contributed by atoms with Crippen molar-refractivity contribution in [2.45, 2.75) is 24.8 Å². The first kappa shape index (κ1) is 27.7. The van der Waals surface area contributed by atoms with Crippen LogP contribution < -0.4 is 15.3 Å². The first-order chi connectivity index (χ1) is 19.7. The number of urea groups is 1. The van der Waals surface area contributed by atoms with E-state index in [1.54, 1.807) is 23.1 Å². The van der Waals surface area contributed by atoms with Crippen LogP contribution in [0.2, 0.25) is 10.0 Å². The third-order valence-corrected chi connectivity index (χ3v) is 8.53. The molecule has 9 heteroatoms. The van der Waals surface area contributed by atoms with E-state index >= 15 is 0 Å². The zero-order valence-electron chi connectivity index (χ0n) is 22.1. The van der Waals surface area contributed by atoms with Crippen LogP contribution in [0.5, 0.6) is 0 Å². The van der Waals surface area contributed by atoms with Crippen molar-refractivity contribution in [3.05, 3.63) is 118 Å². The molecule has 4 aromatic rings. The Morgan fingerprint density at radius 3 is 2.29 bits per heavy atom. The van der Waals surface area contributed by atoms with Gasteiger partial charge in [0.2, 0.25) is 0 Å². The summed E-state index contributed by atoms with van der Waals surface area (Å²) in [6, 6.07) is 30.4. The fourth-order valence-electron chi connectivity index (χ4n) is 6.05. The number of nitrogens with one attached hydrogen (secondary N) is 2. The van der Waals surface area contributed by atoms with Crippen LogP contribution in [0.4, 0.5) is 21.9 Å². The van der Waals surface area contributed by atoms with Crippen molar-refractivity contribution in [3.63, 3.8) is 0 Å². The number of anilines is 2. The van der Waals surface area contributed by atoms with Gasteiger partial charge in [0.1, 0.15) is 17.8 Å². The predicted octanol–water partition coefficient (Wildman–Crippen LogP) is 8.49. The number of hydrogen-bond acceptors (Lipinski definition) is 3. The first-order valence-electron chi connectivity index (χ1n) is 13.4. The van der Waals surface area contributed by atoms with Gasteiger partial charge in [-0.15, -0.1) is 0 Å². The van der Waals surface area contributed by atoms with E-state index in [0.29, 0.717) is 28.1 Å². The van der Waals surface area contributed by atoms with Crippen molar-refractivity contribution in [1.82, 2.24) is 9.55 Å². The Balaban J connectivity index is 1.18. The van der Waals surface area contributed by atoms with E-state index in [-0.39, 0.29) is 12.2 Å². The molecule has 6 rings (SSSR count). The maximum atomic E-state index is 14.0. The molecule has 2 atom stereocenters. The lowest BCUT2D eigenvalue weighted by Gasteiger charge is -2.35. The van der Waals surface area contributed by atoms with Gasteiger partial charge in [-0.05, 0) is 72.1 Å². The Kier molecular flexibility index (Phi) is 7.49. The van der Waals surface area contributed by atoms with Gasteiger partial charge in [-0.3, -0.25) is 4.90 Å². The molecule has 4 aromatic carbocycles.